The number of nitrogens with two attached hydrogens (primary N) is 1. The maximum atomic E-state index is 12.0. The predicted molar refractivity (Wildman–Crippen MR) is 82.8 cm³/mol. The molecule has 21 heavy (non-hydrogen) atoms. The van der Waals surface area contributed by atoms with Crippen molar-refractivity contribution in [3.05, 3.63) is 68.2 Å². The van der Waals surface area contributed by atoms with Crippen LogP contribution in [0.5, 0.6) is 0 Å². The molecular formula is C14H12BrN3O3. The molecule has 0 saturated heterocycles. The van der Waals surface area contributed by atoms with Crippen LogP contribution in [0.3, 0.4) is 0 Å². The Kier molecular flexibility index (Phi) is 4.54. The number of non-ortho nitro benzene ring substituents is 1. The van der Waals surface area contributed by atoms with Gasteiger partial charge in [-0.05, 0) is 23.8 Å². The Morgan fingerprint density at radius 2 is 1.90 bits per heavy atom. The van der Waals surface area contributed by atoms with Gasteiger partial charge in [0.05, 0.1) is 4.92 Å². The zero-order chi connectivity index (χ0) is 15.4. The van der Waals surface area contributed by atoms with E-state index in [2.05, 4.69) is 21.2 Å². The number of hydrogen-bond acceptors (Lipinski definition) is 4. The standard InChI is InChI=1S/C14H12BrN3O3/c15-11-5-10(6-12(16)7-11)14(19)17-8-9-1-3-13(4-2-9)18(20)21/h1-7H,8,16H2,(H,17,19). The monoisotopic (exact) mass is 349 g/mol. The summed E-state index contributed by atoms with van der Waals surface area (Å²) in [7, 11) is 0. The van der Waals surface area contributed by atoms with E-state index in [9.17, 15) is 14.9 Å². The second-order valence-electron chi connectivity index (χ2n) is 4.38. The van der Waals surface area contributed by atoms with Gasteiger partial charge in [0.15, 0.2) is 0 Å². The van der Waals surface area contributed by atoms with Crippen LogP contribution < -0.4 is 11.1 Å². The fraction of sp³-hybridized carbons (Fsp3) is 0.0714. The van der Waals surface area contributed by atoms with E-state index in [-0.39, 0.29) is 18.1 Å². The number of rotatable bonds is 4. The molecule has 6 nitrogen and oxygen atoms in total. The van der Waals surface area contributed by atoms with Gasteiger partial charge in [-0.3, -0.25) is 14.9 Å². The molecule has 0 bridgehead atoms. The van der Waals surface area contributed by atoms with Crippen LogP contribution in [0.4, 0.5) is 11.4 Å². The van der Waals surface area contributed by atoms with Crippen molar-refractivity contribution >= 4 is 33.2 Å². The first-order chi connectivity index (χ1) is 9.95. The Morgan fingerprint density at radius 3 is 2.48 bits per heavy atom. The molecule has 0 aliphatic heterocycles. The Labute approximate surface area is 129 Å². The Bertz CT molecular complexity index is 666. The number of nitrogen functional groups attached to an aromatic ring is 1. The second-order valence-corrected chi connectivity index (χ2v) is 5.30. The van der Waals surface area contributed by atoms with Gasteiger partial charge in [0, 0.05) is 34.4 Å². The van der Waals surface area contributed by atoms with Gasteiger partial charge in [-0.2, -0.15) is 0 Å². The minimum Gasteiger partial charge on any atom is -0.399 e. The van der Waals surface area contributed by atoms with Gasteiger partial charge in [-0.25, -0.2) is 0 Å². The molecule has 2 aromatic rings. The van der Waals surface area contributed by atoms with Crippen molar-refractivity contribution in [1.29, 1.82) is 0 Å². The van der Waals surface area contributed by atoms with Crippen molar-refractivity contribution in [2.75, 3.05) is 5.73 Å². The molecule has 2 aromatic carbocycles. The number of halogens is 1. The molecule has 0 unspecified atom stereocenters. The molecule has 1 amide bonds. The average molecular weight is 350 g/mol. The smallest absolute Gasteiger partial charge is 0.269 e. The van der Waals surface area contributed by atoms with Gasteiger partial charge in [-0.15, -0.1) is 0 Å². The highest BCUT2D eigenvalue weighted by atomic mass is 79.9. The third-order valence-electron chi connectivity index (χ3n) is 2.78. The molecule has 7 heteroatoms. The molecule has 0 aliphatic carbocycles. The lowest BCUT2D eigenvalue weighted by atomic mass is 10.1. The number of carbonyl (C=O) groups excluding carboxylic acids is 1. The normalized spacial score (nSPS) is 10.1. The highest BCUT2D eigenvalue weighted by Crippen LogP contribution is 2.17. The highest BCUT2D eigenvalue weighted by molar-refractivity contribution is 9.10. The Morgan fingerprint density at radius 1 is 1.24 bits per heavy atom. The summed E-state index contributed by atoms with van der Waals surface area (Å²) in [6, 6.07) is 11.0. The van der Waals surface area contributed by atoms with E-state index in [0.717, 1.165) is 10.0 Å². The SMILES string of the molecule is Nc1cc(Br)cc(C(=O)NCc2ccc([N+](=O)[O-])cc2)c1. The Balaban J connectivity index is 2.02. The fourth-order valence-corrected chi connectivity index (χ4v) is 2.27. The van der Waals surface area contributed by atoms with E-state index in [1.165, 1.54) is 12.1 Å². The lowest BCUT2D eigenvalue weighted by Crippen LogP contribution is -2.22. The summed E-state index contributed by atoms with van der Waals surface area (Å²) in [6.45, 7) is 0.281. The van der Waals surface area contributed by atoms with Gasteiger partial charge in [0.1, 0.15) is 0 Å². The first-order valence-electron chi connectivity index (χ1n) is 6.03. The summed E-state index contributed by atoms with van der Waals surface area (Å²) in [4.78, 5) is 22.1. The zero-order valence-electron chi connectivity index (χ0n) is 10.9. The number of nitrogens with one attached hydrogen (secondary N) is 1. The van der Waals surface area contributed by atoms with E-state index in [4.69, 9.17) is 5.73 Å². The van der Waals surface area contributed by atoms with Crippen LogP contribution in [-0.2, 0) is 6.54 Å². The van der Waals surface area contributed by atoms with Crippen molar-refractivity contribution in [3.8, 4) is 0 Å². The number of benzene rings is 2. The molecule has 3 N–H and O–H groups in total. The van der Waals surface area contributed by atoms with E-state index >= 15 is 0 Å². The summed E-state index contributed by atoms with van der Waals surface area (Å²) >= 11 is 3.27. The van der Waals surface area contributed by atoms with Crippen molar-refractivity contribution in [3.63, 3.8) is 0 Å². The first-order valence-corrected chi connectivity index (χ1v) is 6.82. The number of nitro benzene ring substituents is 1. The van der Waals surface area contributed by atoms with Gasteiger partial charge in [-0.1, -0.05) is 28.1 Å². The van der Waals surface area contributed by atoms with Crippen LogP contribution in [0, 0.1) is 10.1 Å². The third-order valence-corrected chi connectivity index (χ3v) is 3.24. The maximum absolute atomic E-state index is 12.0. The summed E-state index contributed by atoms with van der Waals surface area (Å²) in [5.41, 5.74) is 7.41. The minimum absolute atomic E-state index is 0.0184. The molecule has 0 spiro atoms. The van der Waals surface area contributed by atoms with Crippen LogP contribution in [0.2, 0.25) is 0 Å². The summed E-state index contributed by atoms with van der Waals surface area (Å²) in [5, 5.41) is 13.3. The number of carbonyl (C=O) groups is 1. The topological polar surface area (TPSA) is 98.3 Å². The molecule has 0 radical (unpaired) electrons. The summed E-state index contributed by atoms with van der Waals surface area (Å²) in [6.07, 6.45) is 0. The fourth-order valence-electron chi connectivity index (χ4n) is 1.76. The molecule has 2 rings (SSSR count). The average Bonchev–Trinajstić information content (AvgIpc) is 2.44. The van der Waals surface area contributed by atoms with Crippen LogP contribution in [-0.4, -0.2) is 10.8 Å². The van der Waals surface area contributed by atoms with Crippen molar-refractivity contribution < 1.29 is 9.72 Å². The number of nitrogens with zero attached hydrogens (tertiary/aromatic N) is 1. The summed E-state index contributed by atoms with van der Waals surface area (Å²) in [5.74, 6) is -0.263. The quantitative estimate of drug-likeness (QED) is 0.503. The van der Waals surface area contributed by atoms with Crippen molar-refractivity contribution in [1.82, 2.24) is 5.32 Å². The molecule has 0 aliphatic rings. The molecule has 0 heterocycles. The van der Waals surface area contributed by atoms with Gasteiger partial charge >= 0.3 is 0 Å². The maximum Gasteiger partial charge on any atom is 0.269 e. The van der Waals surface area contributed by atoms with Crippen molar-refractivity contribution in [2.45, 2.75) is 6.54 Å². The van der Waals surface area contributed by atoms with Crippen molar-refractivity contribution in [2.24, 2.45) is 0 Å². The second kappa shape index (κ2) is 6.36. The van der Waals surface area contributed by atoms with E-state index in [1.54, 1.807) is 30.3 Å². The highest BCUT2D eigenvalue weighted by Gasteiger charge is 2.08. The largest absolute Gasteiger partial charge is 0.399 e. The van der Waals surface area contributed by atoms with E-state index < -0.39 is 4.92 Å². The van der Waals surface area contributed by atoms with Crippen LogP contribution in [0.1, 0.15) is 15.9 Å². The van der Waals surface area contributed by atoms with Gasteiger partial charge in [0.2, 0.25) is 0 Å². The number of nitro groups is 1. The predicted octanol–water partition coefficient (Wildman–Crippen LogP) is 2.87. The summed E-state index contributed by atoms with van der Waals surface area (Å²) < 4.78 is 0.725. The van der Waals surface area contributed by atoms with Gasteiger partial charge in [0.25, 0.3) is 11.6 Å². The number of anilines is 1. The van der Waals surface area contributed by atoms with E-state index in [1.807, 2.05) is 0 Å². The lowest BCUT2D eigenvalue weighted by molar-refractivity contribution is -0.384. The third kappa shape index (κ3) is 4.03. The lowest BCUT2D eigenvalue weighted by Gasteiger charge is -2.07. The van der Waals surface area contributed by atoms with Gasteiger partial charge < -0.3 is 11.1 Å². The molecule has 0 aromatic heterocycles. The van der Waals surface area contributed by atoms with Crippen LogP contribution >= 0.6 is 15.9 Å². The van der Waals surface area contributed by atoms with Crippen LogP contribution in [0.15, 0.2) is 46.9 Å². The molecular weight excluding hydrogens is 338 g/mol. The number of hydrogen-bond donors (Lipinski definition) is 2. The molecule has 0 atom stereocenters. The molecule has 0 fully saturated rings. The zero-order valence-corrected chi connectivity index (χ0v) is 12.5. The Hall–Kier alpha value is -2.41. The first kappa shape index (κ1) is 15.0. The molecule has 108 valence electrons. The minimum atomic E-state index is -0.466. The van der Waals surface area contributed by atoms with E-state index in [0.29, 0.717) is 11.3 Å². The van der Waals surface area contributed by atoms with Crippen LogP contribution in [0.25, 0.3) is 0 Å². The molecule has 0 saturated carbocycles. The number of amides is 1.